The number of hydrogen-bond acceptors (Lipinski definition) is 5. The summed E-state index contributed by atoms with van der Waals surface area (Å²) < 4.78 is 12.0. The Balaban J connectivity index is 1.57. The maximum Gasteiger partial charge on any atom is 0.342 e. The lowest BCUT2D eigenvalue weighted by molar-refractivity contribution is -0.124. The van der Waals surface area contributed by atoms with E-state index in [9.17, 15) is 9.59 Å². The molecule has 29 heavy (non-hydrogen) atoms. The van der Waals surface area contributed by atoms with Crippen LogP contribution in [0.15, 0.2) is 54.6 Å². The fourth-order valence-electron chi connectivity index (χ4n) is 2.96. The largest absolute Gasteiger partial charge is 0.497 e. The number of esters is 1. The number of rotatable bonds is 7. The standard InChI is InChI=1S/C22H23N3O4/c1-15-21(16(2)25(24-15)18-7-5-4-6-8-18)22(27)29-14-20(26)23-13-17-9-11-19(28-3)12-10-17/h4-12H,13-14H2,1-3H3,(H,23,26). The van der Waals surface area contributed by atoms with Gasteiger partial charge < -0.3 is 14.8 Å². The molecule has 0 aliphatic rings. The number of ether oxygens (including phenoxy) is 2. The minimum atomic E-state index is -0.568. The molecule has 0 saturated heterocycles. The summed E-state index contributed by atoms with van der Waals surface area (Å²) in [5.41, 5.74) is 3.36. The number of hydrogen-bond donors (Lipinski definition) is 1. The zero-order valence-corrected chi connectivity index (χ0v) is 16.6. The van der Waals surface area contributed by atoms with Crippen molar-refractivity contribution in [3.05, 3.63) is 77.1 Å². The summed E-state index contributed by atoms with van der Waals surface area (Å²) in [7, 11) is 1.60. The molecule has 0 spiro atoms. The molecule has 0 bridgehead atoms. The summed E-state index contributed by atoms with van der Waals surface area (Å²) in [6.07, 6.45) is 0. The second-order valence-corrected chi connectivity index (χ2v) is 6.49. The Labute approximate surface area is 169 Å². The van der Waals surface area contributed by atoms with Gasteiger partial charge in [-0.05, 0) is 43.7 Å². The van der Waals surface area contributed by atoms with E-state index in [-0.39, 0.29) is 12.5 Å². The maximum absolute atomic E-state index is 12.5. The molecular formula is C22H23N3O4. The molecule has 1 N–H and O–H groups in total. The highest BCUT2D eigenvalue weighted by Gasteiger charge is 2.21. The molecule has 7 nitrogen and oxygen atoms in total. The van der Waals surface area contributed by atoms with Crippen LogP contribution in [0.1, 0.15) is 27.3 Å². The number of amides is 1. The molecular weight excluding hydrogens is 370 g/mol. The molecule has 3 rings (SSSR count). The van der Waals surface area contributed by atoms with Gasteiger partial charge in [0.15, 0.2) is 6.61 Å². The quantitative estimate of drug-likeness (QED) is 0.624. The predicted molar refractivity (Wildman–Crippen MR) is 108 cm³/mol. The van der Waals surface area contributed by atoms with Gasteiger partial charge in [0.2, 0.25) is 0 Å². The van der Waals surface area contributed by atoms with Crippen molar-refractivity contribution in [3.63, 3.8) is 0 Å². The zero-order valence-electron chi connectivity index (χ0n) is 16.6. The molecule has 1 amide bonds. The Morgan fingerprint density at radius 3 is 2.38 bits per heavy atom. The van der Waals surface area contributed by atoms with Gasteiger partial charge in [0, 0.05) is 6.54 Å². The van der Waals surface area contributed by atoms with Crippen LogP contribution in [-0.4, -0.2) is 35.4 Å². The average Bonchev–Trinajstić information content (AvgIpc) is 3.05. The van der Waals surface area contributed by atoms with Crippen LogP contribution in [0, 0.1) is 13.8 Å². The lowest BCUT2D eigenvalue weighted by Crippen LogP contribution is -2.28. The van der Waals surface area contributed by atoms with E-state index >= 15 is 0 Å². The van der Waals surface area contributed by atoms with Gasteiger partial charge in [0.1, 0.15) is 11.3 Å². The van der Waals surface area contributed by atoms with E-state index in [4.69, 9.17) is 9.47 Å². The zero-order chi connectivity index (χ0) is 20.8. The lowest BCUT2D eigenvalue weighted by Gasteiger charge is -2.08. The monoisotopic (exact) mass is 393 g/mol. The van der Waals surface area contributed by atoms with Gasteiger partial charge >= 0.3 is 5.97 Å². The molecule has 0 aliphatic carbocycles. The topological polar surface area (TPSA) is 82.4 Å². The lowest BCUT2D eigenvalue weighted by atomic mass is 10.2. The van der Waals surface area contributed by atoms with Gasteiger partial charge in [0.05, 0.1) is 24.2 Å². The third-order valence-electron chi connectivity index (χ3n) is 4.48. The highest BCUT2D eigenvalue weighted by molar-refractivity contribution is 5.93. The van der Waals surface area contributed by atoms with Crippen LogP contribution in [0.4, 0.5) is 0 Å². The number of aromatic nitrogens is 2. The number of para-hydroxylation sites is 1. The number of benzene rings is 2. The normalized spacial score (nSPS) is 10.4. The van der Waals surface area contributed by atoms with Gasteiger partial charge in [0.25, 0.3) is 5.91 Å². The predicted octanol–water partition coefficient (Wildman–Crippen LogP) is 2.97. The third-order valence-corrected chi connectivity index (χ3v) is 4.48. The van der Waals surface area contributed by atoms with Gasteiger partial charge in [-0.25, -0.2) is 9.48 Å². The summed E-state index contributed by atoms with van der Waals surface area (Å²) in [5, 5.41) is 7.15. The van der Waals surface area contributed by atoms with Crippen molar-refractivity contribution in [1.82, 2.24) is 15.1 Å². The first kappa shape index (κ1) is 20.1. The average molecular weight is 393 g/mol. The van der Waals surface area contributed by atoms with Crippen molar-refractivity contribution in [2.24, 2.45) is 0 Å². The molecule has 2 aromatic carbocycles. The van der Waals surface area contributed by atoms with Crippen molar-refractivity contribution in [3.8, 4) is 11.4 Å². The van der Waals surface area contributed by atoms with Crippen LogP contribution in [0.25, 0.3) is 5.69 Å². The molecule has 0 atom stereocenters. The molecule has 150 valence electrons. The summed E-state index contributed by atoms with van der Waals surface area (Å²) in [6, 6.07) is 16.9. The van der Waals surface area contributed by atoms with Gasteiger partial charge in [-0.15, -0.1) is 0 Å². The van der Waals surface area contributed by atoms with E-state index in [1.807, 2.05) is 54.6 Å². The highest BCUT2D eigenvalue weighted by atomic mass is 16.5. The Hall–Kier alpha value is -3.61. The van der Waals surface area contributed by atoms with Crippen LogP contribution >= 0.6 is 0 Å². The summed E-state index contributed by atoms with van der Waals surface area (Å²) in [5.74, 6) is -0.197. The minimum absolute atomic E-state index is 0.338. The van der Waals surface area contributed by atoms with Gasteiger partial charge in [-0.3, -0.25) is 4.79 Å². The Morgan fingerprint density at radius 2 is 1.72 bits per heavy atom. The van der Waals surface area contributed by atoms with E-state index in [1.54, 1.807) is 25.6 Å². The first-order valence-electron chi connectivity index (χ1n) is 9.18. The first-order chi connectivity index (χ1) is 14.0. The molecule has 0 fully saturated rings. The number of nitrogens with zero attached hydrogens (tertiary/aromatic N) is 2. The Morgan fingerprint density at radius 1 is 1.03 bits per heavy atom. The molecule has 7 heteroatoms. The number of carbonyl (C=O) groups is 2. The van der Waals surface area contributed by atoms with Crippen LogP contribution in [-0.2, 0) is 16.1 Å². The minimum Gasteiger partial charge on any atom is -0.497 e. The Kier molecular flexibility index (Phi) is 6.29. The first-order valence-corrected chi connectivity index (χ1v) is 9.18. The molecule has 0 saturated carbocycles. The van der Waals surface area contributed by atoms with Crippen LogP contribution in [0.2, 0.25) is 0 Å². The van der Waals surface area contributed by atoms with Crippen molar-refractivity contribution in [2.45, 2.75) is 20.4 Å². The third kappa shape index (κ3) is 4.82. The summed E-state index contributed by atoms with van der Waals surface area (Å²) in [6.45, 7) is 3.52. The number of nitrogens with one attached hydrogen (secondary N) is 1. The SMILES string of the molecule is COc1ccc(CNC(=O)COC(=O)c2c(C)nn(-c3ccccc3)c2C)cc1. The maximum atomic E-state index is 12.5. The molecule has 0 unspecified atom stereocenters. The molecule has 3 aromatic rings. The smallest absolute Gasteiger partial charge is 0.342 e. The van der Waals surface area contributed by atoms with Crippen molar-refractivity contribution in [1.29, 1.82) is 0 Å². The van der Waals surface area contributed by atoms with Crippen LogP contribution in [0.5, 0.6) is 5.75 Å². The van der Waals surface area contributed by atoms with E-state index in [1.165, 1.54) is 0 Å². The van der Waals surface area contributed by atoms with Crippen molar-refractivity contribution < 1.29 is 19.1 Å². The molecule has 1 aromatic heterocycles. The van der Waals surface area contributed by atoms with Crippen LogP contribution in [0.3, 0.4) is 0 Å². The Bertz CT molecular complexity index is 995. The van der Waals surface area contributed by atoms with E-state index in [0.29, 0.717) is 23.5 Å². The second-order valence-electron chi connectivity index (χ2n) is 6.49. The van der Waals surface area contributed by atoms with Crippen molar-refractivity contribution >= 4 is 11.9 Å². The second kappa shape index (κ2) is 9.05. The van der Waals surface area contributed by atoms with Gasteiger partial charge in [-0.1, -0.05) is 30.3 Å². The number of aryl methyl sites for hydroxylation is 1. The molecule has 1 heterocycles. The molecule has 0 aliphatic heterocycles. The summed E-state index contributed by atoms with van der Waals surface area (Å²) in [4.78, 5) is 24.5. The number of carbonyl (C=O) groups excluding carboxylic acids is 2. The summed E-state index contributed by atoms with van der Waals surface area (Å²) >= 11 is 0. The van der Waals surface area contributed by atoms with E-state index in [2.05, 4.69) is 10.4 Å². The highest BCUT2D eigenvalue weighted by Crippen LogP contribution is 2.18. The fraction of sp³-hybridized carbons (Fsp3) is 0.227. The fourth-order valence-corrected chi connectivity index (χ4v) is 2.96. The van der Waals surface area contributed by atoms with Gasteiger partial charge in [-0.2, -0.15) is 5.10 Å². The van der Waals surface area contributed by atoms with E-state index < -0.39 is 5.97 Å². The molecule has 0 radical (unpaired) electrons. The van der Waals surface area contributed by atoms with Crippen LogP contribution < -0.4 is 10.1 Å². The van der Waals surface area contributed by atoms with E-state index in [0.717, 1.165) is 17.0 Å². The van der Waals surface area contributed by atoms with Crippen molar-refractivity contribution in [2.75, 3.05) is 13.7 Å². The number of methoxy groups -OCH3 is 1.